The number of benzene rings is 3. The van der Waals surface area contributed by atoms with Crippen LogP contribution in [0.25, 0.3) is 16.7 Å². The number of carbonyl (C=O) groups is 1. The average molecular weight is 530 g/mol. The van der Waals surface area contributed by atoms with Crippen molar-refractivity contribution in [2.75, 3.05) is 19.5 Å². The molecule has 0 spiro atoms. The zero-order chi connectivity index (χ0) is 27.8. The number of hydrogen-bond donors (Lipinski definition) is 1. The highest BCUT2D eigenvalue weighted by Crippen LogP contribution is 2.43. The van der Waals surface area contributed by atoms with E-state index < -0.39 is 29.3 Å². The first-order valence-corrected chi connectivity index (χ1v) is 11.7. The lowest BCUT2D eigenvalue weighted by Crippen LogP contribution is -2.32. The van der Waals surface area contributed by atoms with Crippen LogP contribution in [0, 0.1) is 5.82 Å². The van der Waals surface area contributed by atoms with E-state index in [-0.39, 0.29) is 23.5 Å². The van der Waals surface area contributed by atoms with E-state index in [1.165, 1.54) is 25.3 Å². The Bertz CT molecular complexity index is 1430. The second-order valence-corrected chi connectivity index (χ2v) is 9.52. The van der Waals surface area contributed by atoms with Crippen molar-refractivity contribution >= 4 is 17.2 Å². The third kappa shape index (κ3) is 5.32. The molecule has 1 aliphatic heterocycles. The molecule has 9 heteroatoms. The van der Waals surface area contributed by atoms with E-state index in [9.17, 15) is 22.4 Å². The SMILES string of the molecule is COc1cc(F)ccc1-c1ccc2c(c1COC(=O)c1ccc(OC)c(C(F)(F)F)c1)C(C)=CC(C)(C)N2. The van der Waals surface area contributed by atoms with Crippen molar-refractivity contribution in [3.63, 3.8) is 0 Å². The highest BCUT2D eigenvalue weighted by atomic mass is 19.4. The van der Waals surface area contributed by atoms with Gasteiger partial charge in [0.05, 0.1) is 30.9 Å². The minimum atomic E-state index is -4.72. The number of rotatable bonds is 6. The Morgan fingerprint density at radius 2 is 1.63 bits per heavy atom. The predicted molar refractivity (Wildman–Crippen MR) is 137 cm³/mol. The van der Waals surface area contributed by atoms with E-state index in [4.69, 9.17) is 14.2 Å². The third-order valence-electron chi connectivity index (χ3n) is 6.28. The molecule has 1 N–H and O–H groups in total. The molecule has 0 amide bonds. The van der Waals surface area contributed by atoms with Gasteiger partial charge in [-0.3, -0.25) is 0 Å². The highest BCUT2D eigenvalue weighted by Gasteiger charge is 2.35. The zero-order valence-corrected chi connectivity index (χ0v) is 21.5. The van der Waals surface area contributed by atoms with Crippen LogP contribution >= 0.6 is 0 Å². The maximum absolute atomic E-state index is 13.9. The zero-order valence-electron chi connectivity index (χ0n) is 21.5. The summed E-state index contributed by atoms with van der Waals surface area (Å²) in [6, 6.07) is 10.8. The van der Waals surface area contributed by atoms with Crippen LogP contribution < -0.4 is 14.8 Å². The molecule has 3 aromatic rings. The van der Waals surface area contributed by atoms with Gasteiger partial charge in [0, 0.05) is 28.4 Å². The van der Waals surface area contributed by atoms with E-state index in [1.807, 2.05) is 39.0 Å². The van der Waals surface area contributed by atoms with Crippen LogP contribution in [0.2, 0.25) is 0 Å². The molecule has 0 unspecified atom stereocenters. The fraction of sp³-hybridized carbons (Fsp3) is 0.276. The van der Waals surface area contributed by atoms with Crippen LogP contribution in [-0.2, 0) is 17.5 Å². The van der Waals surface area contributed by atoms with Gasteiger partial charge in [-0.2, -0.15) is 13.2 Å². The van der Waals surface area contributed by atoms with Crippen molar-refractivity contribution in [3.05, 3.63) is 82.7 Å². The second-order valence-electron chi connectivity index (χ2n) is 9.52. The van der Waals surface area contributed by atoms with Crippen LogP contribution in [0.5, 0.6) is 11.5 Å². The minimum absolute atomic E-state index is 0.251. The summed E-state index contributed by atoms with van der Waals surface area (Å²) in [6.07, 6.45) is -2.68. The van der Waals surface area contributed by atoms with Crippen molar-refractivity contribution in [2.24, 2.45) is 0 Å². The van der Waals surface area contributed by atoms with Crippen molar-refractivity contribution in [1.29, 1.82) is 0 Å². The van der Waals surface area contributed by atoms with Crippen LogP contribution in [0.15, 0.2) is 54.6 Å². The molecular weight excluding hydrogens is 502 g/mol. The van der Waals surface area contributed by atoms with Gasteiger partial charge < -0.3 is 19.5 Å². The van der Waals surface area contributed by atoms with Gasteiger partial charge in [0.1, 0.15) is 23.9 Å². The summed E-state index contributed by atoms with van der Waals surface area (Å²) < 4.78 is 70.1. The van der Waals surface area contributed by atoms with Gasteiger partial charge in [-0.15, -0.1) is 0 Å². The molecule has 5 nitrogen and oxygen atoms in total. The van der Waals surface area contributed by atoms with Gasteiger partial charge in [-0.05, 0) is 68.3 Å². The summed E-state index contributed by atoms with van der Waals surface area (Å²) in [5.74, 6) is -1.52. The summed E-state index contributed by atoms with van der Waals surface area (Å²) in [7, 11) is 2.55. The average Bonchev–Trinajstić information content (AvgIpc) is 2.85. The number of esters is 1. The van der Waals surface area contributed by atoms with Gasteiger partial charge in [0.15, 0.2) is 0 Å². The van der Waals surface area contributed by atoms with Crippen LogP contribution in [0.1, 0.15) is 47.8 Å². The highest BCUT2D eigenvalue weighted by molar-refractivity contribution is 5.91. The lowest BCUT2D eigenvalue weighted by atomic mass is 9.85. The molecule has 4 rings (SSSR count). The summed E-state index contributed by atoms with van der Waals surface area (Å²) in [4.78, 5) is 12.9. The molecule has 0 fully saturated rings. The maximum atomic E-state index is 13.9. The maximum Gasteiger partial charge on any atom is 0.419 e. The number of ether oxygens (including phenoxy) is 3. The number of anilines is 1. The van der Waals surface area contributed by atoms with Gasteiger partial charge >= 0.3 is 12.1 Å². The Labute approximate surface area is 218 Å². The molecule has 0 radical (unpaired) electrons. The largest absolute Gasteiger partial charge is 0.496 e. The molecule has 0 atom stereocenters. The Hall–Kier alpha value is -4.01. The molecule has 0 bridgehead atoms. The van der Waals surface area contributed by atoms with Crippen molar-refractivity contribution < 1.29 is 36.6 Å². The van der Waals surface area contributed by atoms with E-state index in [2.05, 4.69) is 5.32 Å². The van der Waals surface area contributed by atoms with Crippen molar-refractivity contribution in [3.8, 4) is 22.6 Å². The second kappa shape index (κ2) is 10.0. The van der Waals surface area contributed by atoms with Gasteiger partial charge in [0.2, 0.25) is 0 Å². The number of halogens is 4. The number of carbonyl (C=O) groups excluding carboxylic acids is 1. The fourth-order valence-corrected chi connectivity index (χ4v) is 4.77. The lowest BCUT2D eigenvalue weighted by Gasteiger charge is -2.33. The summed E-state index contributed by atoms with van der Waals surface area (Å²) in [5.41, 5.74) is 2.63. The molecule has 38 heavy (non-hydrogen) atoms. The van der Waals surface area contributed by atoms with E-state index in [0.717, 1.165) is 30.0 Å². The van der Waals surface area contributed by atoms with Crippen molar-refractivity contribution in [1.82, 2.24) is 0 Å². The molecule has 3 aromatic carbocycles. The Morgan fingerprint density at radius 1 is 0.947 bits per heavy atom. The molecule has 1 heterocycles. The summed E-state index contributed by atoms with van der Waals surface area (Å²) in [5, 5.41) is 3.43. The number of alkyl halides is 3. The van der Waals surface area contributed by atoms with Crippen LogP contribution in [-0.4, -0.2) is 25.7 Å². The van der Waals surface area contributed by atoms with Gasteiger partial charge in [-0.1, -0.05) is 12.1 Å². The molecule has 0 aliphatic carbocycles. The van der Waals surface area contributed by atoms with Gasteiger partial charge in [0.25, 0.3) is 0 Å². The van der Waals surface area contributed by atoms with E-state index >= 15 is 0 Å². The smallest absolute Gasteiger partial charge is 0.419 e. The molecule has 0 saturated carbocycles. The number of nitrogens with one attached hydrogen (secondary N) is 1. The van der Waals surface area contributed by atoms with E-state index in [0.29, 0.717) is 22.8 Å². The van der Waals surface area contributed by atoms with Gasteiger partial charge in [-0.25, -0.2) is 9.18 Å². The number of allylic oxidation sites excluding steroid dienone is 1. The Morgan fingerprint density at radius 3 is 2.29 bits per heavy atom. The minimum Gasteiger partial charge on any atom is -0.496 e. The molecular formula is C29H27F4NO4. The van der Waals surface area contributed by atoms with Crippen molar-refractivity contribution in [2.45, 2.75) is 39.1 Å². The summed E-state index contributed by atoms with van der Waals surface area (Å²) >= 11 is 0. The number of fused-ring (bicyclic) bond motifs is 1. The fourth-order valence-electron chi connectivity index (χ4n) is 4.77. The topological polar surface area (TPSA) is 56.8 Å². The molecule has 1 aliphatic rings. The first-order valence-electron chi connectivity index (χ1n) is 11.7. The molecule has 0 saturated heterocycles. The lowest BCUT2D eigenvalue weighted by molar-refractivity contribution is -0.138. The monoisotopic (exact) mass is 529 g/mol. The number of methoxy groups -OCH3 is 2. The third-order valence-corrected chi connectivity index (χ3v) is 6.28. The summed E-state index contributed by atoms with van der Waals surface area (Å²) in [6.45, 7) is 5.70. The van der Waals surface area contributed by atoms with Crippen LogP contribution in [0.4, 0.5) is 23.2 Å². The first kappa shape index (κ1) is 27.0. The number of hydrogen-bond acceptors (Lipinski definition) is 5. The predicted octanol–water partition coefficient (Wildman–Crippen LogP) is 7.49. The normalized spacial score (nSPS) is 14.2. The van der Waals surface area contributed by atoms with Crippen LogP contribution in [0.3, 0.4) is 0 Å². The first-order chi connectivity index (χ1) is 17.8. The molecule has 0 aromatic heterocycles. The Balaban J connectivity index is 1.78. The quantitative estimate of drug-likeness (QED) is 0.265. The Kier molecular flexibility index (Phi) is 7.14. The molecule has 200 valence electrons. The standard InChI is InChI=1S/C29H27F4NO4/c1-16-14-28(2,3)34-23-10-9-19(20-8-7-18(30)13-25(20)37-5)21(26(16)23)15-38-27(35)17-6-11-24(36-4)22(12-17)29(31,32)33/h6-14,34H,15H2,1-5H3. The van der Waals surface area contributed by atoms with E-state index in [1.54, 1.807) is 6.07 Å².